The minimum Gasteiger partial charge on any atom is -0.427 e. The van der Waals surface area contributed by atoms with E-state index >= 15 is 0 Å². The molecule has 1 aromatic rings. The van der Waals surface area contributed by atoms with Gasteiger partial charge in [0.1, 0.15) is 5.75 Å². The van der Waals surface area contributed by atoms with E-state index in [0.717, 1.165) is 21.9 Å². The van der Waals surface area contributed by atoms with E-state index in [1.165, 1.54) is 0 Å². The van der Waals surface area contributed by atoms with Gasteiger partial charge < -0.3 is 3.07 Å². The first-order chi connectivity index (χ1) is 6.36. The van der Waals surface area contributed by atoms with Gasteiger partial charge in [-0.2, -0.15) is 0 Å². The highest BCUT2D eigenvalue weighted by molar-refractivity contribution is 14.1. The first-order valence-electron chi connectivity index (χ1n) is 4.45. The summed E-state index contributed by atoms with van der Waals surface area (Å²) in [6.07, 6.45) is 0. The molecule has 0 aliphatic rings. The number of rotatable bonds is 1. The second-order valence-electron chi connectivity index (χ2n) is 4.42. The molecule has 0 spiro atoms. The molecule has 1 nitrogen and oxygen atoms in total. The summed E-state index contributed by atoms with van der Waals surface area (Å²) in [4.78, 5) is 0. The van der Waals surface area contributed by atoms with Crippen LogP contribution in [0.3, 0.4) is 0 Å². The van der Waals surface area contributed by atoms with Crippen molar-refractivity contribution in [2.24, 2.45) is 0 Å². The summed E-state index contributed by atoms with van der Waals surface area (Å²) in [6, 6.07) is 3.97. The largest absolute Gasteiger partial charge is 0.427 e. The fourth-order valence-electron chi connectivity index (χ4n) is 1.32. The summed E-state index contributed by atoms with van der Waals surface area (Å²) in [5.74, 6) is 0.837. The molecule has 0 heterocycles. The van der Waals surface area contributed by atoms with Crippen molar-refractivity contribution in [3.63, 3.8) is 0 Å². The summed E-state index contributed by atoms with van der Waals surface area (Å²) >= 11 is 8.05. The molecule has 3 heteroatoms. The Morgan fingerprint density at radius 1 is 1.29 bits per heavy atom. The molecule has 0 fully saturated rings. The molecule has 0 atom stereocenters. The van der Waals surface area contributed by atoms with Crippen LogP contribution in [-0.4, -0.2) is 0 Å². The fourth-order valence-corrected chi connectivity index (χ4v) is 2.23. The van der Waals surface area contributed by atoms with Crippen LogP contribution in [0.2, 0.25) is 5.02 Å². The second-order valence-corrected chi connectivity index (χ2v) is 5.27. The van der Waals surface area contributed by atoms with Gasteiger partial charge >= 0.3 is 0 Å². The number of hydrogen-bond donors (Lipinski definition) is 0. The monoisotopic (exact) mass is 324 g/mol. The van der Waals surface area contributed by atoms with E-state index in [9.17, 15) is 0 Å². The van der Waals surface area contributed by atoms with Crippen LogP contribution in [-0.2, 0) is 5.41 Å². The zero-order chi connectivity index (χ0) is 10.9. The zero-order valence-electron chi connectivity index (χ0n) is 8.82. The highest BCUT2D eigenvalue weighted by Gasteiger charge is 2.18. The first kappa shape index (κ1) is 12.1. The minimum atomic E-state index is 0.0750. The maximum absolute atomic E-state index is 6.18. The number of halogens is 2. The summed E-state index contributed by atoms with van der Waals surface area (Å²) in [5, 5.41) is 0.773. The van der Waals surface area contributed by atoms with E-state index < -0.39 is 0 Å². The number of aryl methyl sites for hydroxylation is 1. The van der Waals surface area contributed by atoms with Gasteiger partial charge in [-0.1, -0.05) is 38.4 Å². The molecule has 0 aliphatic heterocycles. The molecule has 0 bridgehead atoms. The smallest absolute Gasteiger partial charge is 0.192 e. The van der Waals surface area contributed by atoms with Crippen molar-refractivity contribution in [1.29, 1.82) is 0 Å². The van der Waals surface area contributed by atoms with E-state index in [4.69, 9.17) is 14.7 Å². The Kier molecular flexibility index (Phi) is 3.69. The molecule has 0 aromatic heterocycles. The lowest BCUT2D eigenvalue weighted by atomic mass is 9.86. The second kappa shape index (κ2) is 4.27. The topological polar surface area (TPSA) is 9.23 Å². The zero-order valence-corrected chi connectivity index (χ0v) is 11.7. The third-order valence-electron chi connectivity index (χ3n) is 2.16. The molecule has 0 amide bonds. The standard InChI is InChI=1S/C11H14ClIO/c1-7-5-8(11(2,3)4)9(12)6-10(7)14-13/h5-6H,1-4H3. The highest BCUT2D eigenvalue weighted by Crippen LogP contribution is 2.34. The van der Waals surface area contributed by atoms with Crippen LogP contribution in [0.5, 0.6) is 5.75 Å². The van der Waals surface area contributed by atoms with E-state index in [0.29, 0.717) is 0 Å². The Morgan fingerprint density at radius 3 is 2.29 bits per heavy atom. The summed E-state index contributed by atoms with van der Waals surface area (Å²) in [6.45, 7) is 8.48. The van der Waals surface area contributed by atoms with Crippen LogP contribution in [0.4, 0.5) is 0 Å². The van der Waals surface area contributed by atoms with Gasteiger partial charge in [0.05, 0.1) is 0 Å². The van der Waals surface area contributed by atoms with Gasteiger partial charge in [0, 0.05) is 11.1 Å². The molecule has 1 aromatic carbocycles. The predicted octanol–water partition coefficient (Wildman–Crippen LogP) is 4.67. The first-order valence-corrected chi connectivity index (χ1v) is 5.71. The molecule has 0 radical (unpaired) electrons. The third kappa shape index (κ3) is 2.54. The minimum absolute atomic E-state index is 0.0750. The molecule has 0 saturated heterocycles. The van der Waals surface area contributed by atoms with Crippen molar-refractivity contribution in [3.8, 4) is 5.75 Å². The van der Waals surface area contributed by atoms with E-state index in [-0.39, 0.29) is 5.41 Å². The van der Waals surface area contributed by atoms with Gasteiger partial charge in [0.15, 0.2) is 23.0 Å². The summed E-state index contributed by atoms with van der Waals surface area (Å²) in [7, 11) is 0. The van der Waals surface area contributed by atoms with Gasteiger partial charge in [-0.15, -0.1) is 0 Å². The van der Waals surface area contributed by atoms with Gasteiger partial charge in [0.2, 0.25) is 0 Å². The molecule has 0 N–H and O–H groups in total. The predicted molar refractivity (Wildman–Crippen MR) is 69.5 cm³/mol. The van der Waals surface area contributed by atoms with Crippen LogP contribution in [0.25, 0.3) is 0 Å². The molecular formula is C11H14ClIO. The van der Waals surface area contributed by atoms with Crippen molar-refractivity contribution < 1.29 is 3.07 Å². The van der Waals surface area contributed by atoms with E-state index in [1.807, 2.05) is 36.0 Å². The summed E-state index contributed by atoms with van der Waals surface area (Å²) in [5.41, 5.74) is 2.36. The average Bonchev–Trinajstić information content (AvgIpc) is 2.06. The maximum Gasteiger partial charge on any atom is 0.192 e. The van der Waals surface area contributed by atoms with Crippen molar-refractivity contribution in [2.45, 2.75) is 33.1 Å². The van der Waals surface area contributed by atoms with Crippen molar-refractivity contribution in [3.05, 3.63) is 28.3 Å². The van der Waals surface area contributed by atoms with Crippen molar-refractivity contribution >= 4 is 34.6 Å². The molecular weight excluding hydrogens is 310 g/mol. The van der Waals surface area contributed by atoms with Gasteiger partial charge in [0.25, 0.3) is 0 Å². The SMILES string of the molecule is Cc1cc(C(C)(C)C)c(Cl)cc1OI. The normalized spacial score (nSPS) is 11.6. The van der Waals surface area contributed by atoms with Gasteiger partial charge in [-0.3, -0.25) is 0 Å². The van der Waals surface area contributed by atoms with Gasteiger partial charge in [-0.05, 0) is 23.5 Å². The van der Waals surface area contributed by atoms with Crippen LogP contribution >= 0.6 is 34.6 Å². The molecule has 0 saturated carbocycles. The number of benzene rings is 1. The molecule has 0 aliphatic carbocycles. The lowest BCUT2D eigenvalue weighted by molar-refractivity contribution is 0.588. The Balaban J connectivity index is 3.29. The fraction of sp³-hybridized carbons (Fsp3) is 0.455. The van der Waals surface area contributed by atoms with Crippen molar-refractivity contribution in [1.82, 2.24) is 0 Å². The van der Waals surface area contributed by atoms with Crippen LogP contribution < -0.4 is 3.07 Å². The lowest BCUT2D eigenvalue weighted by Crippen LogP contribution is -2.12. The van der Waals surface area contributed by atoms with Crippen LogP contribution in [0, 0.1) is 6.92 Å². The van der Waals surface area contributed by atoms with E-state index in [2.05, 4.69) is 26.8 Å². The maximum atomic E-state index is 6.18. The van der Waals surface area contributed by atoms with Crippen LogP contribution in [0.15, 0.2) is 12.1 Å². The Bertz CT molecular complexity index is 342. The Morgan fingerprint density at radius 2 is 1.86 bits per heavy atom. The van der Waals surface area contributed by atoms with Crippen LogP contribution in [0.1, 0.15) is 31.9 Å². The molecule has 1 rings (SSSR count). The number of hydrogen-bond acceptors (Lipinski definition) is 1. The molecule has 78 valence electrons. The lowest BCUT2D eigenvalue weighted by Gasteiger charge is -2.21. The molecule has 14 heavy (non-hydrogen) atoms. The highest BCUT2D eigenvalue weighted by atomic mass is 127. The van der Waals surface area contributed by atoms with E-state index in [1.54, 1.807) is 0 Å². The third-order valence-corrected chi connectivity index (χ3v) is 2.94. The average molecular weight is 325 g/mol. The van der Waals surface area contributed by atoms with Crippen molar-refractivity contribution in [2.75, 3.05) is 0 Å². The Labute approximate surface area is 104 Å². The summed E-state index contributed by atoms with van der Waals surface area (Å²) < 4.78 is 5.18. The Hall–Kier alpha value is 0.0400. The quantitative estimate of drug-likeness (QED) is 0.682. The van der Waals surface area contributed by atoms with Gasteiger partial charge in [-0.25, -0.2) is 0 Å². The molecule has 0 unspecified atom stereocenters.